The number of hydrogen-bond donors (Lipinski definition) is 1. The summed E-state index contributed by atoms with van der Waals surface area (Å²) in [6.07, 6.45) is 1.91. The summed E-state index contributed by atoms with van der Waals surface area (Å²) in [6.45, 7) is 4.30. The Morgan fingerprint density at radius 1 is 0.857 bits per heavy atom. The zero-order chi connectivity index (χ0) is 29.1. The Labute approximate surface area is 244 Å². The van der Waals surface area contributed by atoms with Crippen molar-refractivity contribution >= 4 is 17.8 Å². The molecule has 1 aliphatic heterocycles. The number of aryl methyl sites for hydroxylation is 2. The van der Waals surface area contributed by atoms with Crippen LogP contribution >= 0.6 is 0 Å². The maximum absolute atomic E-state index is 13.7. The summed E-state index contributed by atoms with van der Waals surface area (Å²) in [7, 11) is 0. The van der Waals surface area contributed by atoms with Crippen LogP contribution in [-0.2, 0) is 11.3 Å². The molecule has 1 aromatic heterocycles. The van der Waals surface area contributed by atoms with E-state index in [1.165, 1.54) is 10.5 Å². The number of nitrogens with one attached hydrogen (secondary N) is 1. The lowest BCUT2D eigenvalue weighted by Gasteiger charge is -2.23. The van der Waals surface area contributed by atoms with E-state index in [0.717, 1.165) is 28.1 Å². The van der Waals surface area contributed by atoms with Crippen LogP contribution in [0.2, 0.25) is 0 Å². The van der Waals surface area contributed by atoms with Crippen LogP contribution in [-0.4, -0.2) is 39.6 Å². The fourth-order valence-electron chi connectivity index (χ4n) is 4.84. The molecule has 2 heterocycles. The monoisotopic (exact) mass is 558 g/mol. The molecule has 6 rings (SSSR count). The van der Waals surface area contributed by atoms with E-state index in [-0.39, 0.29) is 31.7 Å². The van der Waals surface area contributed by atoms with Gasteiger partial charge in [-0.1, -0.05) is 66.7 Å². The van der Waals surface area contributed by atoms with Crippen molar-refractivity contribution in [3.63, 3.8) is 0 Å². The zero-order valence-electron chi connectivity index (χ0n) is 23.4. The van der Waals surface area contributed by atoms with Crippen LogP contribution in [0.15, 0.2) is 103 Å². The number of benzene rings is 4. The molecule has 210 valence electrons. The number of carbonyl (C=O) groups is 2. The molecule has 0 saturated carbocycles. The lowest BCUT2D eigenvalue weighted by atomic mass is 10.1. The maximum Gasteiger partial charge on any atom is 0.254 e. The first kappa shape index (κ1) is 26.8. The van der Waals surface area contributed by atoms with Crippen LogP contribution in [0.4, 0.5) is 5.95 Å². The van der Waals surface area contributed by atoms with Gasteiger partial charge < -0.3 is 14.4 Å². The SMILES string of the molecule is Cc1ccc(-n2cc(-c3ccccc3)nc2NC(=O)CN(Cc2ccccc2)C(=O)c2ccc3c(c2)OCO3)cc1C. The number of ether oxygens (including phenoxy) is 2. The summed E-state index contributed by atoms with van der Waals surface area (Å²) < 4.78 is 12.7. The van der Waals surface area contributed by atoms with Gasteiger partial charge in [-0.15, -0.1) is 0 Å². The van der Waals surface area contributed by atoms with E-state index in [4.69, 9.17) is 14.5 Å². The summed E-state index contributed by atoms with van der Waals surface area (Å²) in [5, 5.41) is 2.97. The molecule has 8 heteroatoms. The lowest BCUT2D eigenvalue weighted by Crippen LogP contribution is -2.38. The van der Waals surface area contributed by atoms with Gasteiger partial charge in [-0.25, -0.2) is 4.98 Å². The first-order chi connectivity index (χ1) is 20.4. The Balaban J connectivity index is 1.30. The molecule has 0 fully saturated rings. The third-order valence-corrected chi connectivity index (χ3v) is 7.25. The van der Waals surface area contributed by atoms with Crippen molar-refractivity contribution in [3.8, 4) is 28.4 Å². The number of carbonyl (C=O) groups excluding carboxylic acids is 2. The van der Waals surface area contributed by atoms with E-state index in [1.807, 2.05) is 83.6 Å². The molecule has 8 nitrogen and oxygen atoms in total. The van der Waals surface area contributed by atoms with Gasteiger partial charge in [0.05, 0.1) is 5.69 Å². The van der Waals surface area contributed by atoms with E-state index in [9.17, 15) is 9.59 Å². The summed E-state index contributed by atoms with van der Waals surface area (Å²) in [5.41, 5.74) is 6.14. The second-order valence-electron chi connectivity index (χ2n) is 10.2. The summed E-state index contributed by atoms with van der Waals surface area (Å²) in [6, 6.07) is 30.5. The third-order valence-electron chi connectivity index (χ3n) is 7.25. The quantitative estimate of drug-likeness (QED) is 0.246. The van der Waals surface area contributed by atoms with Gasteiger partial charge in [0.1, 0.15) is 6.54 Å². The Hall–Kier alpha value is -5.37. The molecule has 0 saturated heterocycles. The molecule has 0 aliphatic carbocycles. The first-order valence-corrected chi connectivity index (χ1v) is 13.7. The van der Waals surface area contributed by atoms with Crippen LogP contribution in [0.1, 0.15) is 27.0 Å². The van der Waals surface area contributed by atoms with Gasteiger partial charge in [0.25, 0.3) is 5.91 Å². The normalized spacial score (nSPS) is 11.8. The smallest absolute Gasteiger partial charge is 0.254 e. The minimum absolute atomic E-state index is 0.112. The topological polar surface area (TPSA) is 85.7 Å². The van der Waals surface area contributed by atoms with E-state index in [2.05, 4.69) is 25.2 Å². The van der Waals surface area contributed by atoms with Crippen molar-refractivity contribution in [2.75, 3.05) is 18.7 Å². The van der Waals surface area contributed by atoms with Crippen molar-refractivity contribution in [3.05, 3.63) is 126 Å². The van der Waals surface area contributed by atoms with Crippen molar-refractivity contribution in [2.24, 2.45) is 0 Å². The number of aromatic nitrogens is 2. The van der Waals surface area contributed by atoms with E-state index >= 15 is 0 Å². The largest absolute Gasteiger partial charge is 0.454 e. The molecular formula is C34H30N4O4. The number of rotatable bonds is 8. The molecule has 2 amide bonds. The van der Waals surface area contributed by atoms with Gasteiger partial charge in [-0.05, 0) is 60.9 Å². The van der Waals surface area contributed by atoms with Crippen LogP contribution < -0.4 is 14.8 Å². The predicted octanol–water partition coefficient (Wildman–Crippen LogP) is 6.17. The maximum atomic E-state index is 13.7. The van der Waals surface area contributed by atoms with Crippen LogP contribution in [0.5, 0.6) is 11.5 Å². The molecule has 1 aliphatic rings. The van der Waals surface area contributed by atoms with E-state index in [0.29, 0.717) is 23.0 Å². The third kappa shape index (κ3) is 5.74. The average Bonchev–Trinajstić information content (AvgIpc) is 3.66. The predicted molar refractivity (Wildman–Crippen MR) is 161 cm³/mol. The summed E-state index contributed by atoms with van der Waals surface area (Å²) >= 11 is 0. The highest BCUT2D eigenvalue weighted by Crippen LogP contribution is 2.33. The highest BCUT2D eigenvalue weighted by molar-refractivity contribution is 5.99. The van der Waals surface area contributed by atoms with Crippen molar-refractivity contribution in [1.29, 1.82) is 0 Å². The number of imidazole rings is 1. The van der Waals surface area contributed by atoms with E-state index < -0.39 is 0 Å². The fraction of sp³-hybridized carbons (Fsp3) is 0.147. The highest BCUT2D eigenvalue weighted by Gasteiger charge is 2.24. The molecule has 42 heavy (non-hydrogen) atoms. The number of amides is 2. The molecule has 4 aromatic carbocycles. The van der Waals surface area contributed by atoms with Crippen molar-refractivity contribution in [1.82, 2.24) is 14.5 Å². The van der Waals surface area contributed by atoms with E-state index in [1.54, 1.807) is 18.2 Å². The van der Waals surface area contributed by atoms with Crippen molar-refractivity contribution in [2.45, 2.75) is 20.4 Å². The van der Waals surface area contributed by atoms with Gasteiger partial charge in [0.2, 0.25) is 18.6 Å². The average molecular weight is 559 g/mol. The summed E-state index contributed by atoms with van der Waals surface area (Å²) in [5.74, 6) is 0.808. The minimum Gasteiger partial charge on any atom is -0.454 e. The molecule has 0 bridgehead atoms. The highest BCUT2D eigenvalue weighted by atomic mass is 16.7. The molecule has 0 spiro atoms. The zero-order valence-corrected chi connectivity index (χ0v) is 23.4. The lowest BCUT2D eigenvalue weighted by molar-refractivity contribution is -0.117. The van der Waals surface area contributed by atoms with Crippen molar-refractivity contribution < 1.29 is 19.1 Å². The molecular weight excluding hydrogens is 528 g/mol. The molecule has 1 N–H and O–H groups in total. The Bertz CT molecular complexity index is 1750. The number of hydrogen-bond acceptors (Lipinski definition) is 5. The Morgan fingerprint density at radius 3 is 2.36 bits per heavy atom. The molecule has 0 unspecified atom stereocenters. The van der Waals surface area contributed by atoms with Gasteiger partial charge >= 0.3 is 0 Å². The second kappa shape index (κ2) is 11.6. The molecule has 5 aromatic rings. The Kier molecular flexibility index (Phi) is 7.43. The van der Waals surface area contributed by atoms with Crippen LogP contribution in [0.3, 0.4) is 0 Å². The minimum atomic E-state index is -0.365. The fourth-order valence-corrected chi connectivity index (χ4v) is 4.84. The number of nitrogens with zero attached hydrogens (tertiary/aromatic N) is 3. The molecule has 0 radical (unpaired) electrons. The van der Waals surface area contributed by atoms with Crippen LogP contribution in [0.25, 0.3) is 16.9 Å². The molecule has 0 atom stereocenters. The van der Waals surface area contributed by atoms with Gasteiger partial charge in [-0.3, -0.25) is 19.5 Å². The van der Waals surface area contributed by atoms with Gasteiger partial charge in [0.15, 0.2) is 11.5 Å². The van der Waals surface area contributed by atoms with Crippen LogP contribution in [0, 0.1) is 13.8 Å². The van der Waals surface area contributed by atoms with Gasteiger partial charge in [0, 0.05) is 29.6 Å². The standard InChI is InChI=1S/C34H30N4O4/c1-23-13-15-28(17-24(23)2)38-20-29(26-11-7-4-8-12-26)35-34(38)36-32(39)21-37(19-25-9-5-3-6-10-25)33(40)27-14-16-30-31(18-27)42-22-41-30/h3-18,20H,19,21-22H2,1-2H3,(H,35,36,39). The Morgan fingerprint density at radius 2 is 1.60 bits per heavy atom. The van der Waals surface area contributed by atoms with Gasteiger partial charge in [-0.2, -0.15) is 0 Å². The second-order valence-corrected chi connectivity index (χ2v) is 10.2. The summed E-state index contributed by atoms with van der Waals surface area (Å²) in [4.78, 5) is 33.6. The number of anilines is 1. The first-order valence-electron chi connectivity index (χ1n) is 13.7. The number of fused-ring (bicyclic) bond motifs is 1.